The number of fused-ring (bicyclic) bond motifs is 1. The van der Waals surface area contributed by atoms with E-state index in [4.69, 9.17) is 0 Å². The topological polar surface area (TPSA) is 83.9 Å². The van der Waals surface area contributed by atoms with E-state index in [1.165, 1.54) is 6.26 Å². The van der Waals surface area contributed by atoms with E-state index in [9.17, 15) is 8.42 Å². The van der Waals surface area contributed by atoms with Crippen LogP contribution < -0.4 is 0 Å². The zero-order valence-corrected chi connectivity index (χ0v) is 14.9. The number of hydrogen-bond donors (Lipinski definition) is 1. The molecule has 0 bridgehead atoms. The van der Waals surface area contributed by atoms with Crippen molar-refractivity contribution >= 4 is 20.9 Å². The minimum Gasteiger partial charge on any atom is -0.285 e. The average Bonchev–Trinajstić information content (AvgIpc) is 3.24. The molecule has 2 aromatic heterocycles. The summed E-state index contributed by atoms with van der Waals surface area (Å²) < 4.78 is 26.8. The monoisotopic (exact) mass is 359 g/mol. The summed E-state index contributed by atoms with van der Waals surface area (Å²) in [7, 11) is -3.07. The van der Waals surface area contributed by atoms with E-state index in [-0.39, 0.29) is 0 Å². The van der Waals surface area contributed by atoms with E-state index < -0.39 is 10.0 Å². The molecule has 0 saturated carbocycles. The maximum Gasteiger partial charge on any atom is 0.211 e. The smallest absolute Gasteiger partial charge is 0.211 e. The molecule has 1 N–H and O–H groups in total. The Kier molecular flexibility index (Phi) is 4.09. The van der Waals surface area contributed by atoms with E-state index in [2.05, 4.69) is 33.5 Å². The first kappa shape index (κ1) is 16.3. The standard InChI is InChI=1S/C17H21N5O2S/c1-25(23,24)21-6-4-13(5-7-21)12-22-17-3-2-14(8-15(17)11-20-22)16-9-18-19-10-16/h2-3,8-11,13H,4-7,12H2,1H3,(H,18,19). The Hall–Kier alpha value is -2.19. The quantitative estimate of drug-likeness (QED) is 0.773. The van der Waals surface area contributed by atoms with Crippen LogP contribution in [-0.4, -0.2) is 52.0 Å². The zero-order valence-electron chi connectivity index (χ0n) is 14.1. The lowest BCUT2D eigenvalue weighted by Gasteiger charge is -2.30. The van der Waals surface area contributed by atoms with Crippen LogP contribution in [0, 0.1) is 5.92 Å². The fourth-order valence-corrected chi connectivity index (χ4v) is 4.36. The minimum absolute atomic E-state index is 0.453. The van der Waals surface area contributed by atoms with Crippen molar-refractivity contribution in [1.82, 2.24) is 24.3 Å². The number of rotatable bonds is 4. The van der Waals surface area contributed by atoms with Crippen molar-refractivity contribution in [2.24, 2.45) is 5.92 Å². The molecule has 0 radical (unpaired) electrons. The molecule has 0 atom stereocenters. The Balaban J connectivity index is 1.49. The van der Waals surface area contributed by atoms with Gasteiger partial charge in [0.2, 0.25) is 10.0 Å². The van der Waals surface area contributed by atoms with Crippen molar-refractivity contribution in [3.8, 4) is 11.1 Å². The van der Waals surface area contributed by atoms with Crippen molar-refractivity contribution < 1.29 is 8.42 Å². The predicted octanol–water partition coefficient (Wildman–Crippen LogP) is 2.10. The third-order valence-corrected chi connectivity index (χ3v) is 6.25. The number of nitrogens with one attached hydrogen (secondary N) is 1. The second-order valence-electron chi connectivity index (χ2n) is 6.69. The van der Waals surface area contributed by atoms with E-state index in [0.717, 1.165) is 41.4 Å². The first-order chi connectivity index (χ1) is 12.0. The molecular formula is C17H21N5O2S. The van der Waals surface area contributed by atoms with Crippen LogP contribution in [0.2, 0.25) is 0 Å². The highest BCUT2D eigenvalue weighted by atomic mass is 32.2. The molecule has 0 unspecified atom stereocenters. The van der Waals surface area contributed by atoms with Crippen LogP contribution in [-0.2, 0) is 16.6 Å². The van der Waals surface area contributed by atoms with Crippen LogP contribution in [0.1, 0.15) is 12.8 Å². The summed E-state index contributed by atoms with van der Waals surface area (Å²) in [6.07, 6.45) is 8.61. The molecular weight excluding hydrogens is 338 g/mol. The second-order valence-corrected chi connectivity index (χ2v) is 8.68. The summed E-state index contributed by atoms with van der Waals surface area (Å²) in [5.41, 5.74) is 3.28. The molecule has 3 aromatic rings. The van der Waals surface area contributed by atoms with Gasteiger partial charge in [-0.1, -0.05) is 6.07 Å². The molecule has 1 aliphatic heterocycles. The highest BCUT2D eigenvalue weighted by Gasteiger charge is 2.25. The summed E-state index contributed by atoms with van der Waals surface area (Å²) in [6, 6.07) is 6.30. The largest absolute Gasteiger partial charge is 0.285 e. The minimum atomic E-state index is -3.07. The predicted molar refractivity (Wildman–Crippen MR) is 96.5 cm³/mol. The van der Waals surface area contributed by atoms with Gasteiger partial charge in [-0.3, -0.25) is 9.78 Å². The van der Waals surface area contributed by atoms with E-state index >= 15 is 0 Å². The maximum atomic E-state index is 11.6. The number of aromatic nitrogens is 4. The number of sulfonamides is 1. The Bertz CT molecular complexity index is 970. The highest BCUT2D eigenvalue weighted by Crippen LogP contribution is 2.26. The molecule has 25 heavy (non-hydrogen) atoms. The SMILES string of the molecule is CS(=O)(=O)N1CCC(Cn2ncc3cc(-c4cn[nH]c4)ccc32)CC1. The van der Waals surface area contributed by atoms with Crippen LogP contribution in [0.5, 0.6) is 0 Å². The lowest BCUT2D eigenvalue weighted by molar-refractivity contribution is 0.250. The summed E-state index contributed by atoms with van der Waals surface area (Å²) in [4.78, 5) is 0. The molecule has 1 saturated heterocycles. The molecule has 1 aromatic carbocycles. The number of hydrogen-bond acceptors (Lipinski definition) is 4. The second kappa shape index (κ2) is 6.27. The molecule has 3 heterocycles. The van der Waals surface area contributed by atoms with Gasteiger partial charge in [-0.25, -0.2) is 12.7 Å². The van der Waals surface area contributed by atoms with Crippen LogP contribution >= 0.6 is 0 Å². The molecule has 0 aliphatic carbocycles. The number of aromatic amines is 1. The Labute approximate surface area is 146 Å². The first-order valence-corrected chi connectivity index (χ1v) is 10.3. The first-order valence-electron chi connectivity index (χ1n) is 8.40. The van der Waals surface area contributed by atoms with Crippen LogP contribution in [0.4, 0.5) is 0 Å². The number of piperidine rings is 1. The Morgan fingerprint density at radius 2 is 2.00 bits per heavy atom. The average molecular weight is 359 g/mol. The van der Waals surface area contributed by atoms with Gasteiger partial charge in [0.25, 0.3) is 0 Å². The molecule has 0 amide bonds. The van der Waals surface area contributed by atoms with Crippen LogP contribution in [0.25, 0.3) is 22.0 Å². The summed E-state index contributed by atoms with van der Waals surface area (Å²) in [6.45, 7) is 2.03. The molecule has 4 rings (SSSR count). The molecule has 7 nitrogen and oxygen atoms in total. The van der Waals surface area contributed by atoms with E-state index in [0.29, 0.717) is 19.0 Å². The van der Waals surface area contributed by atoms with Gasteiger partial charge in [0.1, 0.15) is 0 Å². The van der Waals surface area contributed by atoms with Gasteiger partial charge in [0.15, 0.2) is 0 Å². The van der Waals surface area contributed by atoms with Crippen molar-refractivity contribution in [3.63, 3.8) is 0 Å². The van der Waals surface area contributed by atoms with Gasteiger partial charge in [-0.2, -0.15) is 10.2 Å². The normalized spacial score (nSPS) is 17.3. The highest BCUT2D eigenvalue weighted by molar-refractivity contribution is 7.88. The third kappa shape index (κ3) is 3.32. The van der Waals surface area contributed by atoms with E-state index in [1.54, 1.807) is 10.5 Å². The molecule has 8 heteroatoms. The van der Waals surface area contributed by atoms with Gasteiger partial charge in [-0.05, 0) is 36.5 Å². The van der Waals surface area contributed by atoms with Crippen LogP contribution in [0.3, 0.4) is 0 Å². The summed E-state index contributed by atoms with van der Waals surface area (Å²) in [5.74, 6) is 0.453. The van der Waals surface area contributed by atoms with Gasteiger partial charge in [0.05, 0.1) is 24.2 Å². The third-order valence-electron chi connectivity index (χ3n) is 4.95. The van der Waals surface area contributed by atoms with Crippen LogP contribution in [0.15, 0.2) is 36.8 Å². The summed E-state index contributed by atoms with van der Waals surface area (Å²) in [5, 5.41) is 12.5. The van der Waals surface area contributed by atoms with Gasteiger partial charge in [-0.15, -0.1) is 0 Å². The van der Waals surface area contributed by atoms with Crippen molar-refractivity contribution in [2.75, 3.05) is 19.3 Å². The molecule has 1 fully saturated rings. The number of nitrogens with zero attached hydrogens (tertiary/aromatic N) is 4. The van der Waals surface area contributed by atoms with Crippen molar-refractivity contribution in [3.05, 3.63) is 36.8 Å². The fraction of sp³-hybridized carbons (Fsp3) is 0.412. The maximum absolute atomic E-state index is 11.6. The molecule has 1 aliphatic rings. The van der Waals surface area contributed by atoms with E-state index in [1.807, 2.05) is 17.1 Å². The molecule has 132 valence electrons. The Morgan fingerprint density at radius 3 is 2.68 bits per heavy atom. The number of benzene rings is 1. The lowest BCUT2D eigenvalue weighted by Crippen LogP contribution is -2.38. The van der Waals surface area contributed by atoms with Crippen molar-refractivity contribution in [1.29, 1.82) is 0 Å². The fourth-order valence-electron chi connectivity index (χ4n) is 3.49. The van der Waals surface area contributed by atoms with Gasteiger partial charge in [0, 0.05) is 36.8 Å². The summed E-state index contributed by atoms with van der Waals surface area (Å²) >= 11 is 0. The number of H-pyrrole nitrogens is 1. The van der Waals surface area contributed by atoms with Crippen molar-refractivity contribution in [2.45, 2.75) is 19.4 Å². The zero-order chi connectivity index (χ0) is 17.4. The Morgan fingerprint density at radius 1 is 1.20 bits per heavy atom. The molecule has 0 spiro atoms. The van der Waals surface area contributed by atoms with Gasteiger partial charge < -0.3 is 0 Å². The lowest BCUT2D eigenvalue weighted by atomic mass is 9.98. The van der Waals surface area contributed by atoms with Gasteiger partial charge >= 0.3 is 0 Å².